The summed E-state index contributed by atoms with van der Waals surface area (Å²) in [6.45, 7) is 4.35. The van der Waals surface area contributed by atoms with Crippen LogP contribution in [0, 0.1) is 13.8 Å². The molecule has 0 saturated carbocycles. The van der Waals surface area contributed by atoms with Gasteiger partial charge in [-0.25, -0.2) is 0 Å². The molecule has 7 rings (SSSR count). The predicted octanol–water partition coefficient (Wildman–Crippen LogP) is 10.6. The lowest BCUT2D eigenvalue weighted by Gasteiger charge is -1.94. The first-order chi connectivity index (χ1) is 14.6. The van der Waals surface area contributed by atoms with E-state index in [4.69, 9.17) is 0 Å². The minimum absolute atomic E-state index is 1.36. The molecule has 0 spiro atoms. The van der Waals surface area contributed by atoms with Gasteiger partial charge in [-0.1, -0.05) is 0 Å². The quantitative estimate of drug-likeness (QED) is 0.224. The largest absolute Gasteiger partial charge is 0.143 e. The van der Waals surface area contributed by atoms with Gasteiger partial charge in [0, 0.05) is 49.1 Å². The van der Waals surface area contributed by atoms with Crippen LogP contribution in [-0.4, -0.2) is 0 Å². The van der Waals surface area contributed by atoms with Gasteiger partial charge in [-0.2, -0.15) is 0 Å². The predicted molar refractivity (Wildman–Crippen MR) is 144 cm³/mol. The van der Waals surface area contributed by atoms with E-state index in [1.54, 1.807) is 0 Å². The third-order valence-corrected chi connectivity index (χ3v) is 12.6. The van der Waals surface area contributed by atoms with Crippen molar-refractivity contribution in [3.05, 3.63) is 58.3 Å². The van der Waals surface area contributed by atoms with Crippen LogP contribution in [0.15, 0.2) is 47.2 Å². The first-order valence-electron chi connectivity index (χ1n) is 9.55. The molecule has 0 N–H and O–H groups in total. The SMILES string of the molecule is Cc1csc(-c2cc3sc4cc5sc6cc(-c7cc(C)cs7)sc6c5cc4c3s2)c1. The lowest BCUT2D eigenvalue weighted by molar-refractivity contribution is 1.56. The molecule has 0 radical (unpaired) electrons. The fourth-order valence-corrected chi connectivity index (χ4v) is 11.1. The maximum absolute atomic E-state index is 2.46. The Kier molecular flexibility index (Phi) is 3.90. The third kappa shape index (κ3) is 2.65. The van der Waals surface area contributed by atoms with Crippen molar-refractivity contribution in [3.63, 3.8) is 0 Å². The second-order valence-electron chi connectivity index (χ2n) is 7.63. The molecule has 6 heteroatoms. The smallest absolute Gasteiger partial charge is 0.0536 e. The van der Waals surface area contributed by atoms with Gasteiger partial charge in [0.1, 0.15) is 0 Å². The van der Waals surface area contributed by atoms with Gasteiger partial charge in [-0.3, -0.25) is 0 Å². The highest BCUT2D eigenvalue weighted by molar-refractivity contribution is 7.36. The highest BCUT2D eigenvalue weighted by Gasteiger charge is 2.16. The normalized spacial score (nSPS) is 12.3. The molecule has 146 valence electrons. The average molecular weight is 495 g/mol. The number of rotatable bonds is 2. The number of hydrogen-bond acceptors (Lipinski definition) is 6. The van der Waals surface area contributed by atoms with E-state index in [2.05, 4.69) is 61.0 Å². The third-order valence-electron chi connectivity index (χ3n) is 5.35. The molecule has 0 amide bonds. The van der Waals surface area contributed by atoms with Crippen molar-refractivity contribution in [2.24, 2.45) is 0 Å². The maximum Gasteiger partial charge on any atom is 0.0536 e. The summed E-state index contributed by atoms with van der Waals surface area (Å²) in [5.41, 5.74) is 2.71. The van der Waals surface area contributed by atoms with Crippen LogP contribution in [-0.2, 0) is 0 Å². The summed E-state index contributed by atoms with van der Waals surface area (Å²) >= 11 is 11.5. The summed E-state index contributed by atoms with van der Waals surface area (Å²) in [6.07, 6.45) is 0. The topological polar surface area (TPSA) is 0 Å². The van der Waals surface area contributed by atoms with E-state index in [1.165, 1.54) is 69.6 Å². The molecule has 1 aromatic carbocycles. The van der Waals surface area contributed by atoms with E-state index in [9.17, 15) is 0 Å². The Morgan fingerprint density at radius 2 is 0.967 bits per heavy atom. The minimum atomic E-state index is 1.36. The van der Waals surface area contributed by atoms with Crippen molar-refractivity contribution in [1.82, 2.24) is 0 Å². The van der Waals surface area contributed by atoms with E-state index in [0.29, 0.717) is 0 Å². The van der Waals surface area contributed by atoms with Crippen LogP contribution < -0.4 is 0 Å². The van der Waals surface area contributed by atoms with Crippen molar-refractivity contribution in [3.8, 4) is 19.5 Å². The lowest BCUT2D eigenvalue weighted by Crippen LogP contribution is -1.65. The van der Waals surface area contributed by atoms with Gasteiger partial charge in [0.15, 0.2) is 0 Å². The van der Waals surface area contributed by atoms with Gasteiger partial charge in [0.2, 0.25) is 0 Å². The Morgan fingerprint density at radius 3 is 1.40 bits per heavy atom. The molecular weight excluding hydrogens is 481 g/mol. The summed E-state index contributed by atoms with van der Waals surface area (Å²) < 4.78 is 8.57. The molecule has 0 fully saturated rings. The Balaban J connectivity index is 1.44. The summed E-state index contributed by atoms with van der Waals surface area (Å²) in [4.78, 5) is 5.58. The molecule has 0 aliphatic heterocycles. The lowest BCUT2D eigenvalue weighted by atomic mass is 10.2. The zero-order valence-corrected chi connectivity index (χ0v) is 21.0. The van der Waals surface area contributed by atoms with Crippen LogP contribution in [0.5, 0.6) is 0 Å². The van der Waals surface area contributed by atoms with E-state index in [0.717, 1.165) is 0 Å². The first-order valence-corrected chi connectivity index (χ1v) is 14.6. The molecule has 7 aromatic rings. The van der Waals surface area contributed by atoms with E-state index < -0.39 is 0 Å². The molecule has 0 aliphatic rings. The molecule has 0 nitrogen and oxygen atoms in total. The summed E-state index contributed by atoms with van der Waals surface area (Å²) in [5, 5.41) is 7.34. The Bertz CT molecular complexity index is 1600. The zero-order valence-electron chi connectivity index (χ0n) is 16.1. The van der Waals surface area contributed by atoms with Crippen molar-refractivity contribution >= 4 is 107 Å². The Labute approximate surface area is 197 Å². The molecule has 0 aliphatic carbocycles. The molecule has 0 saturated heterocycles. The van der Waals surface area contributed by atoms with Crippen molar-refractivity contribution in [2.45, 2.75) is 13.8 Å². The summed E-state index contributed by atoms with van der Waals surface area (Å²) in [5.74, 6) is 0. The van der Waals surface area contributed by atoms with E-state index in [-0.39, 0.29) is 0 Å². The number of hydrogen-bond donors (Lipinski definition) is 0. The van der Waals surface area contributed by atoms with E-state index in [1.807, 2.05) is 68.0 Å². The Hall–Kier alpha value is -1.54. The standard InChI is InChI=1S/C24H14S6/c1-11-3-17(25-9-11)19-7-21-23(29-19)13-5-14-16(6-15(13)27-21)28-22-8-20(30-24(14)22)18-4-12(2)10-26-18/h3-10H,1-2H3. The molecule has 6 aromatic heterocycles. The number of aryl methyl sites for hydroxylation is 2. The van der Waals surface area contributed by atoms with Crippen LogP contribution in [0.2, 0.25) is 0 Å². The van der Waals surface area contributed by atoms with Gasteiger partial charge < -0.3 is 0 Å². The van der Waals surface area contributed by atoms with Crippen molar-refractivity contribution < 1.29 is 0 Å². The van der Waals surface area contributed by atoms with Gasteiger partial charge in [-0.15, -0.1) is 68.0 Å². The summed E-state index contributed by atoms with van der Waals surface area (Å²) in [7, 11) is 0. The van der Waals surface area contributed by atoms with Crippen molar-refractivity contribution in [2.75, 3.05) is 0 Å². The average Bonchev–Trinajstić information content (AvgIpc) is 3.49. The highest BCUT2D eigenvalue weighted by atomic mass is 32.1. The fraction of sp³-hybridized carbons (Fsp3) is 0.0833. The van der Waals surface area contributed by atoms with E-state index >= 15 is 0 Å². The number of fused-ring (bicyclic) bond motifs is 6. The van der Waals surface area contributed by atoms with Crippen LogP contribution in [0.4, 0.5) is 0 Å². The van der Waals surface area contributed by atoms with Crippen molar-refractivity contribution in [1.29, 1.82) is 0 Å². The second kappa shape index (κ2) is 6.48. The van der Waals surface area contributed by atoms with Crippen LogP contribution in [0.3, 0.4) is 0 Å². The van der Waals surface area contributed by atoms with Gasteiger partial charge in [0.05, 0.1) is 9.40 Å². The fourth-order valence-electron chi connectivity index (χ4n) is 3.96. The zero-order chi connectivity index (χ0) is 20.0. The van der Waals surface area contributed by atoms with Crippen LogP contribution >= 0.6 is 68.0 Å². The molecule has 30 heavy (non-hydrogen) atoms. The minimum Gasteiger partial charge on any atom is -0.143 e. The van der Waals surface area contributed by atoms with Crippen LogP contribution in [0.1, 0.15) is 11.1 Å². The number of thiophene rings is 6. The summed E-state index contributed by atoms with van der Waals surface area (Å²) in [6, 6.07) is 14.3. The molecule has 0 bridgehead atoms. The monoisotopic (exact) mass is 494 g/mol. The molecule has 0 atom stereocenters. The van der Waals surface area contributed by atoms with Crippen LogP contribution in [0.25, 0.3) is 58.5 Å². The van der Waals surface area contributed by atoms with Gasteiger partial charge in [0.25, 0.3) is 0 Å². The molecular formula is C24H14S6. The second-order valence-corrected chi connectivity index (χ2v) is 13.7. The maximum atomic E-state index is 2.46. The highest BCUT2D eigenvalue weighted by Crippen LogP contribution is 2.49. The van der Waals surface area contributed by atoms with Gasteiger partial charge >= 0.3 is 0 Å². The van der Waals surface area contributed by atoms with Gasteiger partial charge in [-0.05, 0) is 72.1 Å². The Morgan fingerprint density at radius 1 is 0.467 bits per heavy atom. The number of benzene rings is 1. The molecule has 0 unspecified atom stereocenters. The first kappa shape index (κ1) is 18.1. The molecule has 6 heterocycles.